The van der Waals surface area contributed by atoms with Gasteiger partial charge in [-0.1, -0.05) is 12.8 Å². The van der Waals surface area contributed by atoms with Crippen LogP contribution in [-0.2, 0) is 0 Å². The van der Waals surface area contributed by atoms with Crippen LogP contribution in [0, 0.1) is 0 Å². The van der Waals surface area contributed by atoms with Crippen molar-refractivity contribution in [1.82, 2.24) is 15.3 Å². The minimum Gasteiger partial charge on any atom is -0.353 e. The highest BCUT2D eigenvalue weighted by Gasteiger charge is 2.20. The Morgan fingerprint density at radius 3 is 2.65 bits per heavy atom. The maximum atomic E-state index is 4.81. The molecule has 2 aliphatic rings. The second-order valence-electron chi connectivity index (χ2n) is 5.02. The van der Waals surface area contributed by atoms with Crippen LogP contribution in [0.2, 0.25) is 0 Å². The Bertz CT molecular complexity index is 367. The number of hydrogen-bond donors (Lipinski definition) is 1. The van der Waals surface area contributed by atoms with E-state index >= 15 is 0 Å². The van der Waals surface area contributed by atoms with E-state index in [0.29, 0.717) is 5.92 Å². The molecule has 0 atom stereocenters. The lowest BCUT2D eigenvalue weighted by molar-refractivity contribution is 0.581. The minimum absolute atomic E-state index is 0.658. The maximum Gasteiger partial charge on any atom is 0.147 e. The van der Waals surface area contributed by atoms with Gasteiger partial charge in [0.25, 0.3) is 0 Å². The molecule has 0 unspecified atom stereocenters. The average molecular weight is 232 g/mol. The van der Waals surface area contributed by atoms with Gasteiger partial charge in [-0.15, -0.1) is 0 Å². The summed E-state index contributed by atoms with van der Waals surface area (Å²) in [5, 5.41) is 3.36. The van der Waals surface area contributed by atoms with E-state index in [1.165, 1.54) is 31.4 Å². The zero-order valence-corrected chi connectivity index (χ0v) is 10.2. The van der Waals surface area contributed by atoms with Crippen LogP contribution in [0.25, 0.3) is 0 Å². The van der Waals surface area contributed by atoms with Gasteiger partial charge in [0, 0.05) is 38.3 Å². The van der Waals surface area contributed by atoms with E-state index in [0.717, 1.165) is 32.0 Å². The fraction of sp³-hybridized carbons (Fsp3) is 0.692. The van der Waals surface area contributed by atoms with E-state index in [4.69, 9.17) is 4.98 Å². The molecule has 0 amide bonds. The molecule has 2 fully saturated rings. The van der Waals surface area contributed by atoms with Crippen molar-refractivity contribution in [2.75, 3.05) is 31.1 Å². The third-order valence-corrected chi connectivity index (χ3v) is 3.85. The van der Waals surface area contributed by atoms with Crippen molar-refractivity contribution < 1.29 is 0 Å². The van der Waals surface area contributed by atoms with Crippen molar-refractivity contribution in [2.24, 2.45) is 0 Å². The molecule has 2 heterocycles. The highest BCUT2D eigenvalue weighted by molar-refractivity contribution is 5.37. The molecule has 92 valence electrons. The summed E-state index contributed by atoms with van der Waals surface area (Å²) in [5.74, 6) is 1.72. The van der Waals surface area contributed by atoms with Gasteiger partial charge in [-0.25, -0.2) is 4.98 Å². The predicted molar refractivity (Wildman–Crippen MR) is 68.3 cm³/mol. The quantitative estimate of drug-likeness (QED) is 0.840. The number of rotatable bonds is 2. The van der Waals surface area contributed by atoms with Gasteiger partial charge in [0.05, 0.1) is 11.9 Å². The molecule has 1 N–H and O–H groups in total. The Morgan fingerprint density at radius 1 is 1.12 bits per heavy atom. The fourth-order valence-electron chi connectivity index (χ4n) is 2.83. The summed E-state index contributed by atoms with van der Waals surface area (Å²) in [4.78, 5) is 11.5. The summed E-state index contributed by atoms with van der Waals surface area (Å²) in [6.45, 7) is 4.19. The van der Waals surface area contributed by atoms with Crippen LogP contribution < -0.4 is 10.2 Å². The molecule has 3 rings (SSSR count). The first-order valence-electron chi connectivity index (χ1n) is 6.71. The molecule has 0 radical (unpaired) electrons. The highest BCUT2D eigenvalue weighted by Crippen LogP contribution is 2.33. The van der Waals surface area contributed by atoms with Gasteiger partial charge in [0.1, 0.15) is 5.82 Å². The maximum absolute atomic E-state index is 4.81. The number of piperazine rings is 1. The van der Waals surface area contributed by atoms with E-state index in [2.05, 4.69) is 15.2 Å². The van der Waals surface area contributed by atoms with Crippen molar-refractivity contribution in [1.29, 1.82) is 0 Å². The van der Waals surface area contributed by atoms with E-state index < -0.39 is 0 Å². The lowest BCUT2D eigenvalue weighted by atomic mass is 10.1. The van der Waals surface area contributed by atoms with E-state index in [9.17, 15) is 0 Å². The van der Waals surface area contributed by atoms with E-state index in [1.807, 2.05) is 12.4 Å². The Morgan fingerprint density at radius 2 is 1.88 bits per heavy atom. The number of hydrogen-bond acceptors (Lipinski definition) is 4. The molecule has 0 aromatic carbocycles. The van der Waals surface area contributed by atoms with Crippen molar-refractivity contribution in [2.45, 2.75) is 31.6 Å². The van der Waals surface area contributed by atoms with Crippen LogP contribution in [-0.4, -0.2) is 36.1 Å². The molecule has 1 aliphatic heterocycles. The topological polar surface area (TPSA) is 41.1 Å². The van der Waals surface area contributed by atoms with Crippen molar-refractivity contribution >= 4 is 5.82 Å². The van der Waals surface area contributed by atoms with Gasteiger partial charge < -0.3 is 10.2 Å². The monoisotopic (exact) mass is 232 g/mol. The van der Waals surface area contributed by atoms with Crippen molar-refractivity contribution in [3.63, 3.8) is 0 Å². The predicted octanol–water partition coefficient (Wildman–Crippen LogP) is 1.54. The summed E-state index contributed by atoms with van der Waals surface area (Å²) >= 11 is 0. The zero-order valence-electron chi connectivity index (χ0n) is 10.2. The number of nitrogens with one attached hydrogen (secondary N) is 1. The van der Waals surface area contributed by atoms with Crippen LogP contribution >= 0.6 is 0 Å². The molecule has 4 heteroatoms. The Balaban J connectivity index is 1.77. The average Bonchev–Trinajstić information content (AvgIpc) is 2.94. The standard InChI is InChI=1S/C13H20N4/c1-2-4-11(3-1)12-9-15-10-13(16-12)17-7-5-14-6-8-17/h9-11,14H,1-8H2. The number of anilines is 1. The first-order chi connectivity index (χ1) is 8.43. The van der Waals surface area contributed by atoms with Crippen molar-refractivity contribution in [3.8, 4) is 0 Å². The van der Waals surface area contributed by atoms with Gasteiger partial charge in [0.15, 0.2) is 0 Å². The molecule has 1 aliphatic carbocycles. The lowest BCUT2D eigenvalue weighted by Crippen LogP contribution is -2.44. The highest BCUT2D eigenvalue weighted by atomic mass is 15.2. The van der Waals surface area contributed by atoms with Gasteiger partial charge in [-0.05, 0) is 12.8 Å². The second-order valence-corrected chi connectivity index (χ2v) is 5.02. The van der Waals surface area contributed by atoms with Crippen molar-refractivity contribution in [3.05, 3.63) is 18.1 Å². The SMILES string of the molecule is c1ncc(N2CCNCC2)nc1C1CCCC1. The number of aromatic nitrogens is 2. The van der Waals surface area contributed by atoms with Gasteiger partial charge >= 0.3 is 0 Å². The molecular formula is C13H20N4. The molecule has 0 bridgehead atoms. The largest absolute Gasteiger partial charge is 0.353 e. The smallest absolute Gasteiger partial charge is 0.147 e. The molecular weight excluding hydrogens is 212 g/mol. The van der Waals surface area contributed by atoms with Crippen LogP contribution in [0.4, 0.5) is 5.82 Å². The second kappa shape index (κ2) is 5.00. The third-order valence-electron chi connectivity index (χ3n) is 3.85. The fourth-order valence-corrected chi connectivity index (χ4v) is 2.83. The Kier molecular flexibility index (Phi) is 3.22. The van der Waals surface area contributed by atoms with Crippen LogP contribution in [0.15, 0.2) is 12.4 Å². The van der Waals surface area contributed by atoms with Crippen LogP contribution in [0.1, 0.15) is 37.3 Å². The van der Waals surface area contributed by atoms with Gasteiger partial charge in [-0.3, -0.25) is 4.98 Å². The molecule has 17 heavy (non-hydrogen) atoms. The molecule has 0 spiro atoms. The first-order valence-corrected chi connectivity index (χ1v) is 6.71. The molecule has 1 aromatic heterocycles. The molecule has 1 aromatic rings. The number of nitrogens with zero attached hydrogens (tertiary/aromatic N) is 3. The van der Waals surface area contributed by atoms with Gasteiger partial charge in [-0.2, -0.15) is 0 Å². The van der Waals surface area contributed by atoms with E-state index in [1.54, 1.807) is 0 Å². The Hall–Kier alpha value is -1.16. The summed E-state index contributed by atoms with van der Waals surface area (Å²) in [7, 11) is 0. The molecule has 1 saturated heterocycles. The van der Waals surface area contributed by atoms with Crippen LogP contribution in [0.5, 0.6) is 0 Å². The third kappa shape index (κ3) is 2.41. The molecule has 1 saturated carbocycles. The first kappa shape index (κ1) is 11.0. The lowest BCUT2D eigenvalue weighted by Gasteiger charge is -2.28. The van der Waals surface area contributed by atoms with Gasteiger partial charge in [0.2, 0.25) is 0 Å². The normalized spacial score (nSPS) is 22.0. The van der Waals surface area contributed by atoms with Crippen LogP contribution in [0.3, 0.4) is 0 Å². The van der Waals surface area contributed by atoms with E-state index in [-0.39, 0.29) is 0 Å². The summed E-state index contributed by atoms with van der Waals surface area (Å²) in [6.07, 6.45) is 9.15. The summed E-state index contributed by atoms with van der Waals surface area (Å²) in [6, 6.07) is 0. The minimum atomic E-state index is 0.658. The summed E-state index contributed by atoms with van der Waals surface area (Å²) < 4.78 is 0. The summed E-state index contributed by atoms with van der Waals surface area (Å²) in [5.41, 5.74) is 1.21. The molecule has 4 nitrogen and oxygen atoms in total. The zero-order chi connectivity index (χ0) is 11.5. The Labute approximate surface area is 102 Å².